The Labute approximate surface area is 203 Å². The molecule has 0 spiro atoms. The number of carbonyl (C=O) groups is 1. The lowest BCUT2D eigenvalue weighted by Gasteiger charge is -2.20. The molecule has 0 aliphatic carbocycles. The first-order chi connectivity index (χ1) is 16.5. The van der Waals surface area contributed by atoms with Crippen LogP contribution in [0.2, 0.25) is 5.02 Å². The largest absolute Gasteiger partial charge is 0.487 e. The standard InChI is InChI=1S/C24H15ClFN5O2S/c25-18-11-14(7-8-20(18)33-13-16-4-1-2-6-19(16)26)10-17-21(27)31-24(29-22(17)32)34-23(30-31)15-5-3-9-28-12-15/h1-12,27H,13H2/b17-10-,27-21?. The first-order valence-electron chi connectivity index (χ1n) is 10.1. The highest BCUT2D eigenvalue weighted by atomic mass is 35.5. The van der Waals surface area contributed by atoms with Crippen molar-refractivity contribution in [2.75, 3.05) is 0 Å². The zero-order chi connectivity index (χ0) is 23.7. The number of pyridine rings is 1. The van der Waals surface area contributed by atoms with Crippen molar-refractivity contribution in [1.82, 2.24) is 9.99 Å². The molecule has 0 fully saturated rings. The summed E-state index contributed by atoms with van der Waals surface area (Å²) < 4.78 is 19.4. The Morgan fingerprint density at radius 3 is 2.79 bits per heavy atom. The summed E-state index contributed by atoms with van der Waals surface area (Å²) in [6.45, 7) is 0.0251. The second kappa shape index (κ2) is 9.20. The molecule has 2 aliphatic heterocycles. The van der Waals surface area contributed by atoms with Gasteiger partial charge in [0.25, 0.3) is 5.91 Å². The number of benzene rings is 2. The lowest BCUT2D eigenvalue weighted by Crippen LogP contribution is -2.35. The predicted molar refractivity (Wildman–Crippen MR) is 131 cm³/mol. The van der Waals surface area contributed by atoms with Gasteiger partial charge in [-0.05, 0) is 53.7 Å². The monoisotopic (exact) mass is 491 g/mol. The number of rotatable bonds is 5. The smallest absolute Gasteiger partial charge is 0.283 e. The van der Waals surface area contributed by atoms with Gasteiger partial charge in [-0.15, -0.1) is 0 Å². The van der Waals surface area contributed by atoms with Crippen LogP contribution in [0.25, 0.3) is 6.08 Å². The number of fused-ring (bicyclic) bond motifs is 1. The summed E-state index contributed by atoms with van der Waals surface area (Å²) in [5.41, 5.74) is 1.84. The number of halogens is 2. The zero-order valence-electron chi connectivity index (χ0n) is 17.4. The van der Waals surface area contributed by atoms with E-state index >= 15 is 0 Å². The maximum atomic E-state index is 13.8. The van der Waals surface area contributed by atoms with E-state index in [1.165, 1.54) is 28.9 Å². The van der Waals surface area contributed by atoms with Crippen molar-refractivity contribution in [3.63, 3.8) is 0 Å². The third-order valence-electron chi connectivity index (χ3n) is 4.97. The van der Waals surface area contributed by atoms with Crippen molar-refractivity contribution < 1.29 is 13.9 Å². The van der Waals surface area contributed by atoms with Crippen LogP contribution in [0, 0.1) is 11.2 Å². The van der Waals surface area contributed by atoms with E-state index in [1.807, 2.05) is 6.07 Å². The lowest BCUT2D eigenvalue weighted by molar-refractivity contribution is -0.114. The first kappa shape index (κ1) is 22.0. The third kappa shape index (κ3) is 4.35. The Morgan fingerprint density at radius 2 is 2.03 bits per heavy atom. The number of aliphatic imine (C=N–C) groups is 1. The summed E-state index contributed by atoms with van der Waals surface area (Å²) in [7, 11) is 0. The molecule has 3 aromatic rings. The Kier molecular flexibility index (Phi) is 5.95. The molecule has 168 valence electrons. The fourth-order valence-corrected chi connectivity index (χ4v) is 4.38. The van der Waals surface area contributed by atoms with Crippen molar-refractivity contribution in [2.45, 2.75) is 6.61 Å². The number of nitrogens with zero attached hydrogens (tertiary/aromatic N) is 4. The normalized spacial score (nSPS) is 16.4. The quantitative estimate of drug-likeness (QED) is 0.500. The number of amides is 1. The van der Waals surface area contributed by atoms with Crippen LogP contribution in [0.5, 0.6) is 5.75 Å². The van der Waals surface area contributed by atoms with Gasteiger partial charge in [0.15, 0.2) is 5.84 Å². The minimum atomic E-state index is -0.539. The maximum Gasteiger partial charge on any atom is 0.283 e. The molecule has 2 aliphatic rings. The number of amidine groups is 2. The highest BCUT2D eigenvalue weighted by molar-refractivity contribution is 8.27. The number of nitrogens with one attached hydrogen (secondary N) is 1. The average Bonchev–Trinajstić information content (AvgIpc) is 3.27. The third-order valence-corrected chi connectivity index (χ3v) is 6.22. The molecule has 0 unspecified atom stereocenters. The Morgan fingerprint density at radius 1 is 1.18 bits per heavy atom. The average molecular weight is 492 g/mol. The molecule has 0 bridgehead atoms. The van der Waals surface area contributed by atoms with Crippen LogP contribution < -0.4 is 4.74 Å². The minimum Gasteiger partial charge on any atom is -0.487 e. The van der Waals surface area contributed by atoms with Gasteiger partial charge < -0.3 is 4.74 Å². The van der Waals surface area contributed by atoms with Crippen LogP contribution in [-0.2, 0) is 11.4 Å². The van der Waals surface area contributed by atoms with Crippen molar-refractivity contribution in [2.24, 2.45) is 10.1 Å². The molecule has 5 rings (SSSR count). The van der Waals surface area contributed by atoms with Crippen molar-refractivity contribution in [1.29, 1.82) is 5.41 Å². The maximum absolute atomic E-state index is 13.8. The molecule has 0 radical (unpaired) electrons. The topological polar surface area (TPSA) is 91.0 Å². The fourth-order valence-electron chi connectivity index (χ4n) is 3.26. The molecule has 10 heteroatoms. The number of ether oxygens (including phenoxy) is 1. The molecule has 3 heterocycles. The summed E-state index contributed by atoms with van der Waals surface area (Å²) in [6, 6.07) is 14.9. The van der Waals surface area contributed by atoms with E-state index in [4.69, 9.17) is 21.7 Å². The summed E-state index contributed by atoms with van der Waals surface area (Å²) in [4.78, 5) is 20.8. The fraction of sp³-hybridized carbons (Fsp3) is 0.0417. The van der Waals surface area contributed by atoms with E-state index in [2.05, 4.69) is 15.1 Å². The molecule has 0 saturated heterocycles. The number of hydrazone groups is 1. The first-order valence-corrected chi connectivity index (χ1v) is 11.3. The number of hydrogen-bond acceptors (Lipinski definition) is 6. The summed E-state index contributed by atoms with van der Waals surface area (Å²) in [5, 5.41) is 15.5. The van der Waals surface area contributed by atoms with E-state index in [-0.39, 0.29) is 23.8 Å². The van der Waals surface area contributed by atoms with Gasteiger partial charge in [-0.1, -0.05) is 35.9 Å². The summed E-state index contributed by atoms with van der Waals surface area (Å²) in [6.07, 6.45) is 4.84. The van der Waals surface area contributed by atoms with Crippen molar-refractivity contribution in [3.8, 4) is 5.75 Å². The molecule has 1 aromatic heterocycles. The van der Waals surface area contributed by atoms with Gasteiger partial charge in [0.2, 0.25) is 5.17 Å². The summed E-state index contributed by atoms with van der Waals surface area (Å²) in [5.74, 6) is -0.609. The van der Waals surface area contributed by atoms with Crippen LogP contribution in [0.15, 0.2) is 82.7 Å². The Balaban J connectivity index is 1.36. The molecule has 2 aromatic carbocycles. The molecule has 0 atom stereocenters. The molecule has 0 saturated carbocycles. The molecule has 7 nitrogen and oxygen atoms in total. The molecular formula is C24H15ClFN5O2S. The molecular weight excluding hydrogens is 477 g/mol. The highest BCUT2D eigenvalue weighted by Gasteiger charge is 2.36. The minimum absolute atomic E-state index is 0.0251. The zero-order valence-corrected chi connectivity index (χ0v) is 19.0. The van der Waals surface area contributed by atoms with E-state index < -0.39 is 5.91 Å². The number of aromatic nitrogens is 1. The molecule has 1 amide bonds. The van der Waals surface area contributed by atoms with Gasteiger partial charge >= 0.3 is 0 Å². The van der Waals surface area contributed by atoms with E-state index in [0.717, 1.165) is 5.56 Å². The van der Waals surface area contributed by atoms with Gasteiger partial charge in [0, 0.05) is 23.5 Å². The van der Waals surface area contributed by atoms with Gasteiger partial charge in [-0.2, -0.15) is 15.1 Å². The van der Waals surface area contributed by atoms with E-state index in [1.54, 1.807) is 54.9 Å². The lowest BCUT2D eigenvalue weighted by atomic mass is 10.1. The molecule has 34 heavy (non-hydrogen) atoms. The number of thioether (sulfide) groups is 1. The van der Waals surface area contributed by atoms with Crippen LogP contribution >= 0.6 is 23.4 Å². The molecule has 1 N–H and O–H groups in total. The SMILES string of the molecule is N=C1/C(=C/c2ccc(OCc3ccccc3F)c(Cl)c2)C(=O)N=C2SC(c3cccnc3)=NN12. The van der Waals surface area contributed by atoms with E-state index in [9.17, 15) is 9.18 Å². The highest BCUT2D eigenvalue weighted by Crippen LogP contribution is 2.32. The number of carbonyl (C=O) groups excluding carboxylic acids is 1. The number of hydrogen-bond donors (Lipinski definition) is 1. The second-order valence-corrected chi connectivity index (χ2v) is 8.60. The van der Waals surface area contributed by atoms with Crippen molar-refractivity contribution >= 4 is 51.4 Å². The van der Waals surface area contributed by atoms with E-state index in [0.29, 0.717) is 32.1 Å². The van der Waals surface area contributed by atoms with Crippen LogP contribution in [0.3, 0.4) is 0 Å². The Bertz CT molecular complexity index is 1410. The van der Waals surface area contributed by atoms with Gasteiger partial charge in [-0.25, -0.2) is 4.39 Å². The van der Waals surface area contributed by atoms with Crippen LogP contribution in [0.1, 0.15) is 16.7 Å². The van der Waals surface area contributed by atoms with Gasteiger partial charge in [0.1, 0.15) is 23.2 Å². The second-order valence-electron chi connectivity index (χ2n) is 7.24. The summed E-state index contributed by atoms with van der Waals surface area (Å²) >= 11 is 7.55. The van der Waals surface area contributed by atoms with Gasteiger partial charge in [0.05, 0.1) is 10.6 Å². The van der Waals surface area contributed by atoms with Crippen molar-refractivity contribution in [3.05, 3.63) is 100 Å². The van der Waals surface area contributed by atoms with Crippen LogP contribution in [-0.4, -0.2) is 31.9 Å². The van der Waals surface area contributed by atoms with Gasteiger partial charge in [-0.3, -0.25) is 15.2 Å². The Hall–Kier alpha value is -3.82. The van der Waals surface area contributed by atoms with Crippen LogP contribution in [0.4, 0.5) is 4.39 Å². The predicted octanol–water partition coefficient (Wildman–Crippen LogP) is 5.12.